The Morgan fingerprint density at radius 2 is 1.66 bits per heavy atom. The highest BCUT2D eigenvalue weighted by Crippen LogP contribution is 2.18. The maximum atomic E-state index is 13.5. The van der Waals surface area contributed by atoms with E-state index in [-0.39, 0.29) is 25.0 Å². The Bertz CT molecular complexity index is 1080. The van der Waals surface area contributed by atoms with Gasteiger partial charge in [0.2, 0.25) is 5.91 Å². The van der Waals surface area contributed by atoms with E-state index >= 15 is 0 Å². The molecule has 3 rings (SSSR count). The Hall–Kier alpha value is -2.58. The monoisotopic (exact) mass is 604 g/mol. The molecular formula is C28H30ClIN2O3. The van der Waals surface area contributed by atoms with Crippen molar-refractivity contribution in [2.75, 3.05) is 13.2 Å². The highest BCUT2D eigenvalue weighted by molar-refractivity contribution is 14.1. The van der Waals surface area contributed by atoms with Gasteiger partial charge in [-0.1, -0.05) is 67.4 Å². The van der Waals surface area contributed by atoms with E-state index < -0.39 is 6.04 Å². The van der Waals surface area contributed by atoms with Crippen LogP contribution in [-0.2, 0) is 22.6 Å². The summed E-state index contributed by atoms with van der Waals surface area (Å²) in [5, 5.41) is 3.64. The molecule has 35 heavy (non-hydrogen) atoms. The van der Waals surface area contributed by atoms with Gasteiger partial charge in [0.1, 0.15) is 11.8 Å². The summed E-state index contributed by atoms with van der Waals surface area (Å²) in [5.41, 5.74) is 1.87. The normalized spacial score (nSPS) is 11.5. The molecule has 3 aromatic carbocycles. The molecule has 2 amide bonds. The summed E-state index contributed by atoms with van der Waals surface area (Å²) in [4.78, 5) is 28.5. The maximum absolute atomic E-state index is 13.5. The molecule has 0 aliphatic heterocycles. The fourth-order valence-electron chi connectivity index (χ4n) is 3.61. The summed E-state index contributed by atoms with van der Waals surface area (Å²) in [6.45, 7) is 2.75. The summed E-state index contributed by atoms with van der Waals surface area (Å²) in [5.74, 6) is 0.182. The summed E-state index contributed by atoms with van der Waals surface area (Å²) in [6, 6.07) is 23.9. The summed E-state index contributed by atoms with van der Waals surface area (Å²) in [6.07, 6.45) is 2.26. The molecule has 0 saturated heterocycles. The molecule has 5 nitrogen and oxygen atoms in total. The number of benzene rings is 3. The van der Waals surface area contributed by atoms with Crippen molar-refractivity contribution in [3.63, 3.8) is 0 Å². The lowest BCUT2D eigenvalue weighted by Crippen LogP contribution is -2.51. The van der Waals surface area contributed by atoms with Crippen molar-refractivity contribution in [1.29, 1.82) is 0 Å². The lowest BCUT2D eigenvalue weighted by molar-refractivity contribution is -0.142. The lowest BCUT2D eigenvalue weighted by atomic mass is 10.0. The second-order valence-electron chi connectivity index (χ2n) is 8.24. The van der Waals surface area contributed by atoms with Gasteiger partial charge in [-0.15, -0.1) is 0 Å². The van der Waals surface area contributed by atoms with Gasteiger partial charge in [-0.3, -0.25) is 9.59 Å². The summed E-state index contributed by atoms with van der Waals surface area (Å²) in [7, 11) is 0. The molecule has 0 bridgehead atoms. The van der Waals surface area contributed by atoms with Gasteiger partial charge in [-0.2, -0.15) is 0 Å². The molecule has 0 spiro atoms. The van der Waals surface area contributed by atoms with Crippen molar-refractivity contribution in [1.82, 2.24) is 10.2 Å². The van der Waals surface area contributed by atoms with Gasteiger partial charge in [0.05, 0.1) is 0 Å². The Morgan fingerprint density at radius 1 is 0.971 bits per heavy atom. The SMILES string of the molecule is CCCCNC(=O)[C@H](Cc1ccccc1)N(Cc1ccc(Cl)cc1)C(=O)COc1ccc(I)cc1. The van der Waals surface area contributed by atoms with Crippen molar-refractivity contribution in [2.45, 2.75) is 38.8 Å². The number of unbranched alkanes of at least 4 members (excludes halogenated alkanes) is 1. The number of carbonyl (C=O) groups excluding carboxylic acids is 2. The molecule has 1 atom stereocenters. The van der Waals surface area contributed by atoms with Crippen LogP contribution in [0.2, 0.25) is 5.02 Å². The predicted octanol–water partition coefficient (Wildman–Crippen LogP) is 5.88. The summed E-state index contributed by atoms with van der Waals surface area (Å²) >= 11 is 8.28. The summed E-state index contributed by atoms with van der Waals surface area (Å²) < 4.78 is 6.87. The number of ether oxygens (including phenoxy) is 1. The average molecular weight is 605 g/mol. The second kappa shape index (κ2) is 14.1. The van der Waals surface area contributed by atoms with Gasteiger partial charge < -0.3 is 15.0 Å². The highest BCUT2D eigenvalue weighted by atomic mass is 127. The smallest absolute Gasteiger partial charge is 0.261 e. The van der Waals surface area contributed by atoms with Gasteiger partial charge in [-0.05, 0) is 76.5 Å². The van der Waals surface area contributed by atoms with Crippen LogP contribution in [0.15, 0.2) is 78.9 Å². The molecule has 0 heterocycles. The quantitative estimate of drug-likeness (QED) is 0.208. The first-order valence-corrected chi connectivity index (χ1v) is 13.2. The lowest BCUT2D eigenvalue weighted by Gasteiger charge is -2.31. The van der Waals surface area contributed by atoms with E-state index in [1.165, 1.54) is 0 Å². The van der Waals surface area contributed by atoms with E-state index in [2.05, 4.69) is 34.8 Å². The molecule has 0 unspecified atom stereocenters. The number of amides is 2. The number of nitrogens with one attached hydrogen (secondary N) is 1. The Labute approximate surface area is 226 Å². The zero-order chi connectivity index (χ0) is 25.0. The third-order valence-electron chi connectivity index (χ3n) is 5.54. The van der Waals surface area contributed by atoms with E-state index in [9.17, 15) is 9.59 Å². The topological polar surface area (TPSA) is 58.6 Å². The van der Waals surface area contributed by atoms with Crippen LogP contribution in [0, 0.1) is 3.57 Å². The number of hydrogen-bond donors (Lipinski definition) is 1. The van der Waals surface area contributed by atoms with Gasteiger partial charge in [-0.25, -0.2) is 0 Å². The third-order valence-corrected chi connectivity index (χ3v) is 6.51. The van der Waals surface area contributed by atoms with Crippen molar-refractivity contribution in [3.8, 4) is 5.75 Å². The molecule has 0 radical (unpaired) electrons. The van der Waals surface area contributed by atoms with Crippen molar-refractivity contribution >= 4 is 46.0 Å². The minimum atomic E-state index is -0.683. The molecule has 0 aromatic heterocycles. The Morgan fingerprint density at radius 3 is 2.31 bits per heavy atom. The molecule has 7 heteroatoms. The molecule has 0 fully saturated rings. The molecule has 3 aromatic rings. The fourth-order valence-corrected chi connectivity index (χ4v) is 4.09. The van der Waals surface area contributed by atoms with E-state index in [1.54, 1.807) is 17.0 Å². The van der Waals surface area contributed by atoms with Gasteiger partial charge in [0.25, 0.3) is 5.91 Å². The first kappa shape index (κ1) is 27.0. The highest BCUT2D eigenvalue weighted by Gasteiger charge is 2.30. The number of nitrogens with zero attached hydrogens (tertiary/aromatic N) is 1. The number of carbonyl (C=O) groups is 2. The molecular weight excluding hydrogens is 575 g/mol. The van der Waals surface area contributed by atoms with Crippen molar-refractivity contribution in [2.24, 2.45) is 0 Å². The predicted molar refractivity (Wildman–Crippen MR) is 149 cm³/mol. The van der Waals surface area contributed by atoms with Gasteiger partial charge in [0.15, 0.2) is 6.61 Å². The van der Waals surface area contributed by atoms with Crippen LogP contribution >= 0.6 is 34.2 Å². The van der Waals surface area contributed by atoms with Crippen molar-refractivity contribution < 1.29 is 14.3 Å². The van der Waals surface area contributed by atoms with Crippen LogP contribution < -0.4 is 10.1 Å². The van der Waals surface area contributed by atoms with E-state index in [0.29, 0.717) is 23.7 Å². The maximum Gasteiger partial charge on any atom is 0.261 e. The Kier molecular flexibility index (Phi) is 10.9. The third kappa shape index (κ3) is 8.85. The number of halogens is 2. The van der Waals surface area contributed by atoms with Crippen LogP contribution in [0.1, 0.15) is 30.9 Å². The second-order valence-corrected chi connectivity index (χ2v) is 9.92. The zero-order valence-electron chi connectivity index (χ0n) is 19.8. The molecule has 1 N–H and O–H groups in total. The van der Waals surface area contributed by atoms with E-state index in [4.69, 9.17) is 16.3 Å². The standard InChI is InChI=1S/C28H30ClIN2O3/c1-2-3-17-31-28(34)26(18-21-7-5-4-6-8-21)32(19-22-9-11-23(29)12-10-22)27(33)20-35-25-15-13-24(30)14-16-25/h4-16,26H,2-3,17-20H2,1H3,(H,31,34)/t26-/m0/s1. The number of rotatable bonds is 12. The van der Waals surface area contributed by atoms with Gasteiger partial charge in [0, 0.05) is 28.1 Å². The van der Waals surface area contributed by atoms with Gasteiger partial charge >= 0.3 is 0 Å². The van der Waals surface area contributed by atoms with E-state index in [0.717, 1.165) is 27.5 Å². The molecule has 0 aliphatic rings. The van der Waals surface area contributed by atoms with Crippen LogP contribution in [0.3, 0.4) is 0 Å². The van der Waals surface area contributed by atoms with Crippen LogP contribution in [0.4, 0.5) is 0 Å². The zero-order valence-corrected chi connectivity index (χ0v) is 22.7. The largest absolute Gasteiger partial charge is 0.484 e. The van der Waals surface area contributed by atoms with E-state index in [1.807, 2.05) is 66.7 Å². The molecule has 0 aliphatic carbocycles. The minimum Gasteiger partial charge on any atom is -0.484 e. The Balaban J connectivity index is 1.86. The molecule has 184 valence electrons. The average Bonchev–Trinajstić information content (AvgIpc) is 2.87. The minimum absolute atomic E-state index is 0.165. The number of hydrogen-bond acceptors (Lipinski definition) is 3. The van der Waals surface area contributed by atoms with Crippen LogP contribution in [0.5, 0.6) is 5.75 Å². The first-order chi connectivity index (χ1) is 17.0. The molecule has 0 saturated carbocycles. The van der Waals surface area contributed by atoms with Crippen LogP contribution in [-0.4, -0.2) is 35.9 Å². The first-order valence-electron chi connectivity index (χ1n) is 11.7. The fraction of sp³-hybridized carbons (Fsp3) is 0.286. The van der Waals surface area contributed by atoms with Crippen molar-refractivity contribution in [3.05, 3.63) is 98.6 Å². The van der Waals surface area contributed by atoms with Crippen LogP contribution in [0.25, 0.3) is 0 Å².